The Bertz CT molecular complexity index is 879. The molecule has 25 heavy (non-hydrogen) atoms. The molecule has 0 radical (unpaired) electrons. The molecule has 1 unspecified atom stereocenters. The first-order valence-electron chi connectivity index (χ1n) is 8.31. The summed E-state index contributed by atoms with van der Waals surface area (Å²) in [6.45, 7) is 10.8. The van der Waals surface area contributed by atoms with Gasteiger partial charge in [0.25, 0.3) is 0 Å². The molecular weight excluding hydrogens is 446 g/mol. The van der Waals surface area contributed by atoms with Crippen LogP contribution in [-0.4, -0.2) is 11.1 Å². The van der Waals surface area contributed by atoms with Crippen LogP contribution < -0.4 is 10.9 Å². The van der Waals surface area contributed by atoms with Crippen LogP contribution in [0.3, 0.4) is 0 Å². The number of nitrogens with one attached hydrogen (secondary N) is 1. The van der Waals surface area contributed by atoms with Gasteiger partial charge < -0.3 is 9.73 Å². The van der Waals surface area contributed by atoms with Crippen LogP contribution in [0.25, 0.3) is 16.3 Å². The molecule has 2 heterocycles. The number of hydrogen-bond acceptors (Lipinski definition) is 3. The fourth-order valence-corrected chi connectivity index (χ4v) is 4.23. The fraction of sp³-hybridized carbons (Fsp3) is 0.450. The highest BCUT2D eigenvalue weighted by atomic mass is 79.9. The van der Waals surface area contributed by atoms with Gasteiger partial charge in [-0.15, -0.1) is 17.0 Å². The molecule has 2 aromatic rings. The van der Waals surface area contributed by atoms with E-state index in [0.29, 0.717) is 11.1 Å². The van der Waals surface area contributed by atoms with Crippen molar-refractivity contribution in [1.82, 2.24) is 5.32 Å². The molecule has 0 spiro atoms. The minimum absolute atomic E-state index is 0. The standard InChI is InChI=1S/C20H24BrNO2.BrH/c1-12(21)17-16(13-10-19(2,3)22-20(4,5)11-13)14-8-6-7-9-15(14)18(23)24-17;/h6-10,12,22H,11H2,1-5H3;1H. The summed E-state index contributed by atoms with van der Waals surface area (Å²) in [6, 6.07) is 7.71. The Labute approximate surface area is 167 Å². The third-order valence-corrected chi connectivity index (χ3v) is 4.79. The molecule has 136 valence electrons. The van der Waals surface area contributed by atoms with Crippen molar-refractivity contribution in [1.29, 1.82) is 0 Å². The highest BCUT2D eigenvalue weighted by Gasteiger charge is 2.34. The molecule has 0 fully saturated rings. The molecule has 0 saturated heterocycles. The number of halogens is 2. The van der Waals surface area contributed by atoms with E-state index in [9.17, 15) is 4.79 Å². The highest BCUT2D eigenvalue weighted by Crippen LogP contribution is 2.40. The van der Waals surface area contributed by atoms with Crippen LogP contribution in [-0.2, 0) is 0 Å². The second kappa shape index (κ2) is 7.01. The first-order valence-corrected chi connectivity index (χ1v) is 9.22. The van der Waals surface area contributed by atoms with Gasteiger partial charge in [0.1, 0.15) is 5.76 Å². The second-order valence-electron chi connectivity index (χ2n) is 7.87. The Morgan fingerprint density at radius 1 is 1.16 bits per heavy atom. The zero-order valence-electron chi connectivity index (χ0n) is 15.3. The Balaban J connectivity index is 0.00000225. The van der Waals surface area contributed by atoms with Crippen LogP contribution in [0.4, 0.5) is 0 Å². The molecule has 1 aromatic carbocycles. The summed E-state index contributed by atoms with van der Waals surface area (Å²) < 4.78 is 5.71. The van der Waals surface area contributed by atoms with Gasteiger partial charge in [0, 0.05) is 16.6 Å². The van der Waals surface area contributed by atoms with Gasteiger partial charge in [-0.3, -0.25) is 0 Å². The second-order valence-corrected chi connectivity index (χ2v) is 9.24. The van der Waals surface area contributed by atoms with E-state index in [-0.39, 0.29) is 38.5 Å². The van der Waals surface area contributed by atoms with Gasteiger partial charge in [-0.25, -0.2) is 4.79 Å². The lowest BCUT2D eigenvalue weighted by atomic mass is 9.79. The minimum atomic E-state index is -0.274. The first-order chi connectivity index (χ1) is 11.1. The van der Waals surface area contributed by atoms with Gasteiger partial charge in [0.2, 0.25) is 0 Å². The normalized spacial score (nSPS) is 19.8. The number of fused-ring (bicyclic) bond motifs is 1. The van der Waals surface area contributed by atoms with Gasteiger partial charge in [-0.2, -0.15) is 0 Å². The Morgan fingerprint density at radius 3 is 2.32 bits per heavy atom. The van der Waals surface area contributed by atoms with Gasteiger partial charge in [-0.05, 0) is 58.1 Å². The van der Waals surface area contributed by atoms with Gasteiger partial charge in [-0.1, -0.05) is 40.2 Å². The van der Waals surface area contributed by atoms with Crippen molar-refractivity contribution in [2.24, 2.45) is 0 Å². The molecule has 0 amide bonds. The van der Waals surface area contributed by atoms with Crippen molar-refractivity contribution >= 4 is 49.3 Å². The minimum Gasteiger partial charge on any atom is -0.426 e. The average Bonchev–Trinajstić information content (AvgIpc) is 2.43. The SMILES string of the molecule is Br.CC(Br)c1oc(=O)c2ccccc2c1C1=CC(C)(C)NC(C)(C)C1. The molecular formula is C20H25Br2NO2. The monoisotopic (exact) mass is 469 g/mol. The molecule has 0 bridgehead atoms. The molecule has 1 atom stereocenters. The third kappa shape index (κ3) is 4.09. The Morgan fingerprint density at radius 2 is 1.76 bits per heavy atom. The summed E-state index contributed by atoms with van der Waals surface area (Å²) in [5, 5.41) is 5.27. The van der Waals surface area contributed by atoms with E-state index in [2.05, 4.69) is 55.0 Å². The number of rotatable bonds is 2. The maximum absolute atomic E-state index is 12.4. The topological polar surface area (TPSA) is 42.2 Å². The highest BCUT2D eigenvalue weighted by molar-refractivity contribution is 9.09. The molecule has 1 aliphatic rings. The zero-order valence-corrected chi connectivity index (χ0v) is 18.6. The van der Waals surface area contributed by atoms with Crippen LogP contribution in [0.1, 0.15) is 57.2 Å². The molecule has 0 saturated carbocycles. The van der Waals surface area contributed by atoms with Crippen molar-refractivity contribution in [3.63, 3.8) is 0 Å². The smallest absolute Gasteiger partial charge is 0.343 e. The van der Waals surface area contributed by atoms with Crippen molar-refractivity contribution in [2.75, 3.05) is 0 Å². The number of benzene rings is 1. The van der Waals surface area contributed by atoms with E-state index in [0.717, 1.165) is 17.4 Å². The zero-order chi connectivity index (χ0) is 17.7. The predicted molar refractivity (Wildman–Crippen MR) is 114 cm³/mol. The molecule has 3 nitrogen and oxygen atoms in total. The van der Waals surface area contributed by atoms with Crippen LogP contribution in [0.2, 0.25) is 0 Å². The van der Waals surface area contributed by atoms with E-state index < -0.39 is 0 Å². The van der Waals surface area contributed by atoms with E-state index in [4.69, 9.17) is 4.42 Å². The van der Waals surface area contributed by atoms with Crippen molar-refractivity contribution in [2.45, 2.75) is 56.9 Å². The van der Waals surface area contributed by atoms with Crippen LogP contribution in [0.15, 0.2) is 39.6 Å². The largest absolute Gasteiger partial charge is 0.426 e. The van der Waals surface area contributed by atoms with Crippen molar-refractivity contribution in [3.8, 4) is 0 Å². The van der Waals surface area contributed by atoms with E-state index in [1.165, 1.54) is 5.57 Å². The molecule has 0 aliphatic carbocycles. The lowest BCUT2D eigenvalue weighted by molar-refractivity contribution is 0.297. The maximum atomic E-state index is 12.4. The summed E-state index contributed by atoms with van der Waals surface area (Å²) >= 11 is 3.60. The molecule has 1 aliphatic heterocycles. The quantitative estimate of drug-likeness (QED) is 0.567. The molecule has 5 heteroatoms. The van der Waals surface area contributed by atoms with Gasteiger partial charge >= 0.3 is 5.63 Å². The summed E-state index contributed by atoms with van der Waals surface area (Å²) in [4.78, 5) is 12.3. The average molecular weight is 471 g/mol. The van der Waals surface area contributed by atoms with Crippen LogP contribution >= 0.6 is 32.9 Å². The Kier molecular flexibility index (Phi) is 5.72. The van der Waals surface area contributed by atoms with Crippen LogP contribution in [0, 0.1) is 0 Å². The summed E-state index contributed by atoms with van der Waals surface area (Å²) in [7, 11) is 0. The van der Waals surface area contributed by atoms with Crippen molar-refractivity contribution in [3.05, 3.63) is 52.1 Å². The molecule has 3 rings (SSSR count). The Hall–Kier alpha value is -0.910. The predicted octanol–water partition coefficient (Wildman–Crippen LogP) is 5.76. The van der Waals surface area contributed by atoms with E-state index in [1.807, 2.05) is 31.2 Å². The molecule has 1 aromatic heterocycles. The van der Waals surface area contributed by atoms with Gasteiger partial charge in [0.15, 0.2) is 0 Å². The maximum Gasteiger partial charge on any atom is 0.343 e. The van der Waals surface area contributed by atoms with Crippen LogP contribution in [0.5, 0.6) is 0 Å². The number of hydrogen-bond donors (Lipinski definition) is 1. The lowest BCUT2D eigenvalue weighted by Crippen LogP contribution is -2.53. The lowest BCUT2D eigenvalue weighted by Gasteiger charge is -2.41. The number of alkyl halides is 1. The van der Waals surface area contributed by atoms with E-state index >= 15 is 0 Å². The van der Waals surface area contributed by atoms with E-state index in [1.54, 1.807) is 0 Å². The summed E-state index contributed by atoms with van der Waals surface area (Å²) in [5.41, 5.74) is 1.85. The fourth-order valence-electron chi connectivity index (χ4n) is 3.90. The summed E-state index contributed by atoms with van der Waals surface area (Å²) in [6.07, 6.45) is 3.14. The van der Waals surface area contributed by atoms with Crippen molar-refractivity contribution < 1.29 is 4.42 Å². The summed E-state index contributed by atoms with van der Waals surface area (Å²) in [5.74, 6) is 0.707. The molecule has 1 N–H and O–H groups in total. The first kappa shape index (κ1) is 20.4. The third-order valence-electron chi connectivity index (χ3n) is 4.38. The van der Waals surface area contributed by atoms with Gasteiger partial charge in [0.05, 0.1) is 10.2 Å².